The standard InChI is InChI=1S/C13H15NO4/c1-9-11(7-8-14(9)13(16)17)18-12(15)10-5-3-2-4-6-10/h2-6,9,11H,7-8H2,1H3,(H,16,17)/t9-,11-/m1/s1. The Labute approximate surface area is 105 Å². The van der Waals surface area contributed by atoms with Crippen LogP contribution in [-0.2, 0) is 4.74 Å². The first-order chi connectivity index (χ1) is 8.59. The quantitative estimate of drug-likeness (QED) is 0.814. The first-order valence-electron chi connectivity index (χ1n) is 5.85. The smallest absolute Gasteiger partial charge is 0.407 e. The van der Waals surface area contributed by atoms with Crippen molar-refractivity contribution in [1.82, 2.24) is 4.90 Å². The molecule has 0 radical (unpaired) electrons. The number of likely N-dealkylation sites (tertiary alicyclic amines) is 1. The predicted molar refractivity (Wildman–Crippen MR) is 64.5 cm³/mol. The van der Waals surface area contributed by atoms with Crippen LogP contribution in [0.2, 0.25) is 0 Å². The Morgan fingerprint density at radius 3 is 2.56 bits per heavy atom. The second-order valence-electron chi connectivity index (χ2n) is 4.32. The number of hydrogen-bond acceptors (Lipinski definition) is 3. The first kappa shape index (κ1) is 12.4. The van der Waals surface area contributed by atoms with Gasteiger partial charge in [-0.1, -0.05) is 18.2 Å². The molecule has 5 nitrogen and oxygen atoms in total. The molecule has 1 amide bonds. The molecule has 5 heteroatoms. The summed E-state index contributed by atoms with van der Waals surface area (Å²) in [6, 6.07) is 8.40. The highest BCUT2D eigenvalue weighted by atomic mass is 16.5. The zero-order chi connectivity index (χ0) is 13.1. The second-order valence-corrected chi connectivity index (χ2v) is 4.32. The number of benzene rings is 1. The van der Waals surface area contributed by atoms with E-state index in [0.717, 1.165) is 0 Å². The van der Waals surface area contributed by atoms with E-state index >= 15 is 0 Å². The third-order valence-electron chi connectivity index (χ3n) is 3.20. The van der Waals surface area contributed by atoms with Gasteiger partial charge in [0, 0.05) is 13.0 Å². The molecule has 1 aliphatic heterocycles. The summed E-state index contributed by atoms with van der Waals surface area (Å²) in [5.74, 6) is -0.403. The molecule has 0 saturated carbocycles. The van der Waals surface area contributed by atoms with E-state index in [4.69, 9.17) is 9.84 Å². The molecule has 1 aromatic carbocycles. The average molecular weight is 249 g/mol. The molecule has 0 aromatic heterocycles. The van der Waals surface area contributed by atoms with Crippen LogP contribution < -0.4 is 0 Å². The average Bonchev–Trinajstić information content (AvgIpc) is 2.72. The molecule has 96 valence electrons. The number of rotatable bonds is 2. The summed E-state index contributed by atoms with van der Waals surface area (Å²) in [4.78, 5) is 24.0. The molecule has 1 fully saturated rings. The summed E-state index contributed by atoms with van der Waals surface area (Å²) in [7, 11) is 0. The molecule has 0 aliphatic carbocycles. The second kappa shape index (κ2) is 5.08. The molecule has 0 spiro atoms. The van der Waals surface area contributed by atoms with Crippen LogP contribution >= 0.6 is 0 Å². The van der Waals surface area contributed by atoms with Gasteiger partial charge in [0.2, 0.25) is 0 Å². The molecular weight excluding hydrogens is 234 g/mol. The molecule has 2 atom stereocenters. The molecule has 2 rings (SSSR count). The van der Waals surface area contributed by atoms with E-state index in [2.05, 4.69) is 0 Å². The largest absolute Gasteiger partial charge is 0.465 e. The Morgan fingerprint density at radius 2 is 2.00 bits per heavy atom. The van der Waals surface area contributed by atoms with Gasteiger partial charge >= 0.3 is 12.1 Å². The molecule has 1 saturated heterocycles. The monoisotopic (exact) mass is 249 g/mol. The van der Waals surface area contributed by atoms with E-state index in [1.165, 1.54) is 4.90 Å². The fourth-order valence-electron chi connectivity index (χ4n) is 2.12. The lowest BCUT2D eigenvalue weighted by molar-refractivity contribution is 0.0229. The minimum atomic E-state index is -0.972. The van der Waals surface area contributed by atoms with Crippen LogP contribution in [0.15, 0.2) is 30.3 Å². The Bertz CT molecular complexity index is 446. The lowest BCUT2D eigenvalue weighted by atomic mass is 10.2. The summed E-state index contributed by atoms with van der Waals surface area (Å²) in [5.41, 5.74) is 0.485. The van der Waals surface area contributed by atoms with Crippen molar-refractivity contribution in [2.24, 2.45) is 0 Å². The molecule has 0 unspecified atom stereocenters. The summed E-state index contributed by atoms with van der Waals surface area (Å²) < 4.78 is 5.35. The van der Waals surface area contributed by atoms with Crippen LogP contribution in [0.1, 0.15) is 23.7 Å². The van der Waals surface area contributed by atoms with Crippen molar-refractivity contribution in [2.75, 3.05) is 6.54 Å². The SMILES string of the molecule is C[C@@H]1[C@H](OC(=O)c2ccccc2)CCN1C(=O)O. The zero-order valence-corrected chi connectivity index (χ0v) is 10.1. The fourth-order valence-corrected chi connectivity index (χ4v) is 2.12. The third kappa shape index (κ3) is 2.45. The van der Waals surface area contributed by atoms with Gasteiger partial charge in [-0.25, -0.2) is 9.59 Å². The van der Waals surface area contributed by atoms with Crippen LogP contribution in [0.4, 0.5) is 4.79 Å². The van der Waals surface area contributed by atoms with Crippen molar-refractivity contribution < 1.29 is 19.4 Å². The highest BCUT2D eigenvalue weighted by Gasteiger charge is 2.36. The van der Waals surface area contributed by atoms with Crippen molar-refractivity contribution in [3.63, 3.8) is 0 Å². The minimum absolute atomic E-state index is 0.296. The fraction of sp³-hybridized carbons (Fsp3) is 0.385. The Morgan fingerprint density at radius 1 is 1.33 bits per heavy atom. The van der Waals surface area contributed by atoms with Crippen LogP contribution in [0.5, 0.6) is 0 Å². The van der Waals surface area contributed by atoms with Crippen molar-refractivity contribution in [2.45, 2.75) is 25.5 Å². The summed E-state index contributed by atoms with van der Waals surface area (Å²) in [6.45, 7) is 2.16. The van der Waals surface area contributed by atoms with Gasteiger partial charge in [0.1, 0.15) is 6.10 Å². The van der Waals surface area contributed by atoms with Crippen LogP contribution in [0.25, 0.3) is 0 Å². The number of carbonyl (C=O) groups is 2. The van der Waals surface area contributed by atoms with E-state index in [-0.39, 0.29) is 12.1 Å². The van der Waals surface area contributed by atoms with Gasteiger partial charge in [-0.2, -0.15) is 0 Å². The van der Waals surface area contributed by atoms with Gasteiger partial charge in [0.25, 0.3) is 0 Å². The first-order valence-corrected chi connectivity index (χ1v) is 5.85. The third-order valence-corrected chi connectivity index (χ3v) is 3.20. The highest BCUT2D eigenvalue weighted by Crippen LogP contribution is 2.21. The number of carboxylic acid groups (broad SMARTS) is 1. The number of esters is 1. The summed E-state index contributed by atoms with van der Waals surface area (Å²) in [5, 5.41) is 8.94. The molecule has 1 aromatic rings. The lowest BCUT2D eigenvalue weighted by Crippen LogP contribution is -2.37. The van der Waals surface area contributed by atoms with Gasteiger partial charge in [0.05, 0.1) is 11.6 Å². The van der Waals surface area contributed by atoms with Crippen molar-refractivity contribution in [3.05, 3.63) is 35.9 Å². The van der Waals surface area contributed by atoms with Crippen molar-refractivity contribution >= 4 is 12.1 Å². The van der Waals surface area contributed by atoms with Gasteiger partial charge < -0.3 is 14.7 Å². The maximum absolute atomic E-state index is 11.8. The van der Waals surface area contributed by atoms with Crippen LogP contribution in [-0.4, -0.2) is 40.8 Å². The molecule has 0 bridgehead atoms. The minimum Gasteiger partial charge on any atom is -0.465 e. The predicted octanol–water partition coefficient (Wildman–Crippen LogP) is 1.98. The number of hydrogen-bond donors (Lipinski definition) is 1. The Hall–Kier alpha value is -2.04. The van der Waals surface area contributed by atoms with Crippen LogP contribution in [0.3, 0.4) is 0 Å². The van der Waals surface area contributed by atoms with E-state index in [9.17, 15) is 9.59 Å². The normalized spacial score (nSPS) is 22.8. The zero-order valence-electron chi connectivity index (χ0n) is 10.1. The Kier molecular flexibility index (Phi) is 3.50. The summed E-state index contributed by atoms with van der Waals surface area (Å²) in [6.07, 6.45) is -0.791. The molecule has 1 aliphatic rings. The van der Waals surface area contributed by atoms with Gasteiger partial charge in [-0.15, -0.1) is 0 Å². The molecule has 1 heterocycles. The van der Waals surface area contributed by atoms with E-state index < -0.39 is 12.1 Å². The maximum atomic E-state index is 11.8. The van der Waals surface area contributed by atoms with E-state index in [0.29, 0.717) is 18.5 Å². The maximum Gasteiger partial charge on any atom is 0.407 e. The Balaban J connectivity index is 1.99. The lowest BCUT2D eigenvalue weighted by Gasteiger charge is -2.21. The van der Waals surface area contributed by atoms with E-state index in [1.807, 2.05) is 6.07 Å². The van der Waals surface area contributed by atoms with Gasteiger partial charge in [-0.3, -0.25) is 0 Å². The van der Waals surface area contributed by atoms with E-state index in [1.54, 1.807) is 31.2 Å². The summed E-state index contributed by atoms with van der Waals surface area (Å²) >= 11 is 0. The molecular formula is C13H15NO4. The number of ether oxygens (including phenoxy) is 1. The van der Waals surface area contributed by atoms with Crippen molar-refractivity contribution in [3.8, 4) is 0 Å². The van der Waals surface area contributed by atoms with Crippen LogP contribution in [0, 0.1) is 0 Å². The molecule has 1 N–H and O–H groups in total. The number of amides is 1. The van der Waals surface area contributed by atoms with Crippen molar-refractivity contribution in [1.29, 1.82) is 0 Å². The molecule has 18 heavy (non-hydrogen) atoms. The van der Waals surface area contributed by atoms with Gasteiger partial charge in [-0.05, 0) is 19.1 Å². The van der Waals surface area contributed by atoms with Gasteiger partial charge in [0.15, 0.2) is 0 Å². The highest BCUT2D eigenvalue weighted by molar-refractivity contribution is 5.89. The topological polar surface area (TPSA) is 66.8 Å². The number of nitrogens with zero attached hydrogens (tertiary/aromatic N) is 1. The number of carbonyl (C=O) groups excluding carboxylic acids is 1.